The fourth-order valence-corrected chi connectivity index (χ4v) is 1.19. The first-order chi connectivity index (χ1) is 5.57. The van der Waals surface area contributed by atoms with Gasteiger partial charge in [-0.25, -0.2) is 8.78 Å². The van der Waals surface area contributed by atoms with E-state index in [0.29, 0.717) is 6.29 Å². The zero-order valence-corrected chi connectivity index (χ0v) is 7.00. The number of rotatable bonds is 2. The molecule has 0 aromatic heterocycles. The first-order valence-electron chi connectivity index (χ1n) is 3.26. The predicted molar refractivity (Wildman–Crippen MR) is 40.4 cm³/mol. The zero-order valence-electron chi connectivity index (χ0n) is 6.25. The minimum atomic E-state index is -1.90. The van der Waals surface area contributed by atoms with Crippen molar-refractivity contribution in [1.29, 1.82) is 0 Å². The van der Waals surface area contributed by atoms with E-state index in [1.807, 2.05) is 0 Å². The van der Waals surface area contributed by atoms with Gasteiger partial charge in [0.2, 0.25) is 11.9 Å². The number of hydrogen-bond donors (Lipinski definition) is 0. The third-order valence-electron chi connectivity index (χ3n) is 1.64. The summed E-state index contributed by atoms with van der Waals surface area (Å²) in [7, 11) is 1.31. The van der Waals surface area contributed by atoms with Gasteiger partial charge in [0.05, 0.1) is 0 Å². The quantitative estimate of drug-likeness (QED) is 0.374. The summed E-state index contributed by atoms with van der Waals surface area (Å²) >= 11 is 5.04. The van der Waals surface area contributed by atoms with Crippen LogP contribution >= 0.6 is 11.6 Å². The minimum absolute atomic E-state index is 0.262. The van der Waals surface area contributed by atoms with Gasteiger partial charge in [0.15, 0.2) is 0 Å². The monoisotopic (exact) mass is 196 g/mol. The number of carbonyl (C=O) groups is 1. The number of halogens is 3. The molecule has 0 aliphatic carbocycles. The summed E-state index contributed by atoms with van der Waals surface area (Å²) in [4.78, 5) is 10.3. The number of carbonyl (C=O) groups excluding carboxylic acids is 1. The second-order valence-corrected chi connectivity index (χ2v) is 2.82. The fourth-order valence-electron chi connectivity index (χ4n) is 1.00. The molecule has 3 atom stereocenters. The van der Waals surface area contributed by atoms with E-state index in [1.54, 1.807) is 0 Å². The van der Waals surface area contributed by atoms with Gasteiger partial charge in [0, 0.05) is 7.05 Å². The first kappa shape index (κ1) is 9.38. The van der Waals surface area contributed by atoms with Crippen molar-refractivity contribution in [2.45, 2.75) is 11.9 Å². The zero-order chi connectivity index (χ0) is 9.30. The van der Waals surface area contributed by atoms with E-state index in [2.05, 4.69) is 5.10 Å². The second kappa shape index (κ2) is 3.35. The molecule has 0 amide bonds. The summed E-state index contributed by atoms with van der Waals surface area (Å²) in [5, 5.41) is 4.34. The van der Waals surface area contributed by atoms with Crippen molar-refractivity contribution in [3.63, 3.8) is 0 Å². The Labute approximate surface area is 73.0 Å². The Morgan fingerprint density at radius 3 is 2.75 bits per heavy atom. The van der Waals surface area contributed by atoms with E-state index in [9.17, 15) is 13.6 Å². The Kier molecular flexibility index (Phi) is 2.62. The minimum Gasteiger partial charge on any atom is -0.302 e. The van der Waals surface area contributed by atoms with Crippen LogP contribution in [0.4, 0.5) is 8.78 Å². The number of hydrogen-bond acceptors (Lipinski definition) is 3. The van der Waals surface area contributed by atoms with Crippen LogP contribution in [0.25, 0.3) is 0 Å². The lowest BCUT2D eigenvalue weighted by Crippen LogP contribution is -2.29. The molecule has 68 valence electrons. The van der Waals surface area contributed by atoms with Gasteiger partial charge in [-0.15, -0.1) is 0 Å². The molecule has 3 unspecified atom stereocenters. The molecule has 0 saturated carbocycles. The molecule has 0 fully saturated rings. The summed E-state index contributed by atoms with van der Waals surface area (Å²) in [6, 6.07) is 0. The van der Waals surface area contributed by atoms with Crippen LogP contribution in [0.5, 0.6) is 0 Å². The van der Waals surface area contributed by atoms with Crippen molar-refractivity contribution in [2.24, 2.45) is 11.0 Å². The van der Waals surface area contributed by atoms with Crippen molar-refractivity contribution in [2.75, 3.05) is 7.05 Å². The number of alkyl halides is 3. The maximum absolute atomic E-state index is 12.9. The van der Waals surface area contributed by atoms with Gasteiger partial charge in [-0.05, 0) is 0 Å². The number of hydrazone groups is 1. The number of nitrogens with zero attached hydrogens (tertiary/aromatic N) is 2. The SMILES string of the molecule is CN1N=C(C(F)Cl)C(C=O)C1F. The summed E-state index contributed by atoms with van der Waals surface area (Å²) in [6.45, 7) is 0. The Morgan fingerprint density at radius 1 is 1.83 bits per heavy atom. The fraction of sp³-hybridized carbons (Fsp3) is 0.667. The Morgan fingerprint density at radius 2 is 2.42 bits per heavy atom. The summed E-state index contributed by atoms with van der Waals surface area (Å²) in [5.74, 6) is -1.18. The first-order valence-corrected chi connectivity index (χ1v) is 3.70. The van der Waals surface area contributed by atoms with Gasteiger partial charge in [-0.1, -0.05) is 11.6 Å². The molecule has 1 aliphatic heterocycles. The van der Waals surface area contributed by atoms with E-state index < -0.39 is 17.8 Å². The summed E-state index contributed by atoms with van der Waals surface area (Å²) < 4.78 is 25.4. The van der Waals surface area contributed by atoms with Crippen molar-refractivity contribution < 1.29 is 13.6 Å². The molecule has 0 N–H and O–H groups in total. The highest BCUT2D eigenvalue weighted by Crippen LogP contribution is 2.24. The van der Waals surface area contributed by atoms with Crippen molar-refractivity contribution >= 4 is 23.6 Å². The van der Waals surface area contributed by atoms with Crippen LogP contribution in [0.2, 0.25) is 0 Å². The largest absolute Gasteiger partial charge is 0.302 e. The molecule has 0 bridgehead atoms. The Hall–Kier alpha value is -0.710. The van der Waals surface area contributed by atoms with Crippen molar-refractivity contribution in [1.82, 2.24) is 5.01 Å². The van der Waals surface area contributed by atoms with Gasteiger partial charge in [-0.2, -0.15) is 5.10 Å². The lowest BCUT2D eigenvalue weighted by molar-refractivity contribution is -0.112. The smallest absolute Gasteiger partial charge is 0.214 e. The van der Waals surface area contributed by atoms with Gasteiger partial charge < -0.3 is 4.79 Å². The third-order valence-corrected chi connectivity index (χ3v) is 1.86. The van der Waals surface area contributed by atoms with Crippen LogP contribution in [0.3, 0.4) is 0 Å². The topological polar surface area (TPSA) is 32.7 Å². The van der Waals surface area contributed by atoms with E-state index in [0.717, 1.165) is 5.01 Å². The highest BCUT2D eigenvalue weighted by Gasteiger charge is 2.38. The van der Waals surface area contributed by atoms with Gasteiger partial charge in [-0.3, -0.25) is 5.01 Å². The summed E-state index contributed by atoms with van der Waals surface area (Å²) in [6.07, 6.45) is -1.29. The molecule has 1 rings (SSSR count). The van der Waals surface area contributed by atoms with Gasteiger partial charge in [0.25, 0.3) is 0 Å². The maximum Gasteiger partial charge on any atom is 0.214 e. The van der Waals surface area contributed by atoms with Crippen LogP contribution in [-0.2, 0) is 4.79 Å². The molecule has 0 aromatic rings. The van der Waals surface area contributed by atoms with Gasteiger partial charge >= 0.3 is 0 Å². The lowest BCUT2D eigenvalue weighted by atomic mass is 10.1. The van der Waals surface area contributed by atoms with Crippen molar-refractivity contribution in [3.8, 4) is 0 Å². The third kappa shape index (κ3) is 1.41. The van der Waals surface area contributed by atoms with E-state index in [4.69, 9.17) is 11.6 Å². The van der Waals surface area contributed by atoms with Crippen LogP contribution in [-0.4, -0.2) is 36.0 Å². The number of aldehydes is 1. The summed E-state index contributed by atoms with van der Waals surface area (Å²) in [5.41, 5.74) is -2.16. The molecule has 0 saturated heterocycles. The maximum atomic E-state index is 12.9. The van der Waals surface area contributed by atoms with E-state index >= 15 is 0 Å². The molecule has 0 spiro atoms. The molecule has 6 heteroatoms. The molecule has 0 radical (unpaired) electrons. The van der Waals surface area contributed by atoms with Crippen LogP contribution in [0.15, 0.2) is 5.10 Å². The molecule has 3 nitrogen and oxygen atoms in total. The van der Waals surface area contributed by atoms with Crippen LogP contribution < -0.4 is 0 Å². The normalized spacial score (nSPS) is 31.7. The average Bonchev–Trinajstić information content (AvgIpc) is 2.29. The average molecular weight is 197 g/mol. The Balaban J connectivity index is 2.85. The lowest BCUT2D eigenvalue weighted by Gasteiger charge is -2.12. The van der Waals surface area contributed by atoms with E-state index in [-0.39, 0.29) is 5.71 Å². The Bertz CT molecular complexity index is 222. The molecule has 1 heterocycles. The standard InChI is InChI=1S/C6H7ClF2N2O/c1-11-6(9)3(2-12)4(10-11)5(7)8/h2-3,5-6H,1H3. The van der Waals surface area contributed by atoms with Crippen LogP contribution in [0.1, 0.15) is 0 Å². The molecular weight excluding hydrogens is 190 g/mol. The van der Waals surface area contributed by atoms with Crippen LogP contribution in [0, 0.1) is 5.92 Å². The predicted octanol–water partition coefficient (Wildman–Crippen LogP) is 0.933. The molecular formula is C6H7ClF2N2O. The molecule has 1 aliphatic rings. The second-order valence-electron chi connectivity index (χ2n) is 2.43. The molecule has 12 heavy (non-hydrogen) atoms. The van der Waals surface area contributed by atoms with Gasteiger partial charge in [0.1, 0.15) is 17.9 Å². The highest BCUT2D eigenvalue weighted by atomic mass is 35.5. The highest BCUT2D eigenvalue weighted by molar-refractivity contribution is 6.32. The van der Waals surface area contributed by atoms with E-state index in [1.165, 1.54) is 7.05 Å². The molecule has 0 aromatic carbocycles. The van der Waals surface area contributed by atoms with Crippen molar-refractivity contribution in [3.05, 3.63) is 0 Å².